The van der Waals surface area contributed by atoms with Crippen LogP contribution in [0.15, 0.2) is 34.6 Å². The summed E-state index contributed by atoms with van der Waals surface area (Å²) in [6.07, 6.45) is 1.76. The number of nitrogens with one attached hydrogen (secondary N) is 1. The number of halogens is 2. The fourth-order valence-electron chi connectivity index (χ4n) is 2.25. The Labute approximate surface area is 197 Å². The molecule has 27 heavy (non-hydrogen) atoms. The third-order valence-corrected chi connectivity index (χ3v) is 6.96. The van der Waals surface area contributed by atoms with Crippen LogP contribution in [0.1, 0.15) is 22.2 Å². The lowest BCUT2D eigenvalue weighted by Gasteiger charge is -2.14. The molecule has 0 bridgehead atoms. The number of thiophene rings is 1. The van der Waals surface area contributed by atoms with Crippen LogP contribution in [-0.2, 0) is 4.79 Å². The lowest BCUT2D eigenvalue weighted by molar-refractivity contribution is -0.123. The highest BCUT2D eigenvalue weighted by Gasteiger charge is 2.34. The third-order valence-electron chi connectivity index (χ3n) is 3.36. The molecule has 0 radical (unpaired) electrons. The van der Waals surface area contributed by atoms with Crippen molar-refractivity contribution in [3.63, 3.8) is 0 Å². The Morgan fingerprint density at radius 1 is 1.41 bits per heavy atom. The average molecular weight is 642 g/mol. The molecule has 0 saturated carbocycles. The number of hydrogen-bond acceptors (Lipinski definition) is 6. The van der Waals surface area contributed by atoms with Crippen molar-refractivity contribution in [3.8, 4) is 5.75 Å². The maximum atomic E-state index is 12.8. The molecule has 10 heteroatoms. The van der Waals surface area contributed by atoms with Gasteiger partial charge in [-0.05, 0) is 94.0 Å². The summed E-state index contributed by atoms with van der Waals surface area (Å²) in [4.78, 5) is 25.9. The molecular formula is C17H12I2N2O3S3. The van der Waals surface area contributed by atoms with Crippen LogP contribution in [0, 0.1) is 7.14 Å². The lowest BCUT2D eigenvalue weighted by atomic mass is 10.2. The lowest BCUT2D eigenvalue weighted by Crippen LogP contribution is -2.44. The number of carbonyl (C=O) groups is 2. The Balaban J connectivity index is 1.87. The van der Waals surface area contributed by atoms with Crippen LogP contribution in [0.2, 0.25) is 0 Å². The topological polar surface area (TPSA) is 58.6 Å². The monoisotopic (exact) mass is 642 g/mol. The van der Waals surface area contributed by atoms with E-state index in [0.717, 1.165) is 35.2 Å². The Bertz CT molecular complexity index is 945. The molecule has 1 aliphatic rings. The van der Waals surface area contributed by atoms with Crippen LogP contribution in [0.4, 0.5) is 0 Å². The summed E-state index contributed by atoms with van der Waals surface area (Å²) in [5.74, 6) is 0.0130. The predicted octanol–water partition coefficient (Wildman–Crippen LogP) is 4.90. The van der Waals surface area contributed by atoms with Crippen molar-refractivity contribution in [2.75, 3.05) is 6.61 Å². The van der Waals surface area contributed by atoms with E-state index in [4.69, 9.17) is 17.0 Å². The second kappa shape index (κ2) is 9.20. The number of hydrazine groups is 1. The molecule has 5 nitrogen and oxygen atoms in total. The largest absolute Gasteiger partial charge is 0.492 e. The molecule has 1 N–H and O–H groups in total. The highest BCUT2D eigenvalue weighted by molar-refractivity contribution is 14.1. The summed E-state index contributed by atoms with van der Waals surface area (Å²) in [5, 5.41) is 2.92. The van der Waals surface area contributed by atoms with Crippen molar-refractivity contribution in [2.24, 2.45) is 0 Å². The van der Waals surface area contributed by atoms with Crippen LogP contribution in [-0.4, -0.2) is 27.8 Å². The normalized spacial score (nSPS) is 15.5. The summed E-state index contributed by atoms with van der Waals surface area (Å²) in [7, 11) is 0. The number of thioether (sulfide) groups is 1. The molecule has 3 rings (SSSR count). The quantitative estimate of drug-likeness (QED) is 0.286. The fraction of sp³-hybridized carbons (Fsp3) is 0.118. The van der Waals surface area contributed by atoms with Crippen molar-refractivity contribution in [3.05, 3.63) is 52.1 Å². The summed E-state index contributed by atoms with van der Waals surface area (Å²) in [6.45, 7) is 2.44. The van der Waals surface area contributed by atoms with Gasteiger partial charge in [0.25, 0.3) is 11.8 Å². The van der Waals surface area contributed by atoms with Gasteiger partial charge in [0.2, 0.25) is 0 Å². The number of rotatable bonds is 5. The van der Waals surface area contributed by atoms with E-state index in [2.05, 4.69) is 50.6 Å². The molecule has 0 unspecified atom stereocenters. The molecule has 1 aliphatic heterocycles. The molecule has 140 valence electrons. The van der Waals surface area contributed by atoms with E-state index >= 15 is 0 Å². The predicted molar refractivity (Wildman–Crippen MR) is 130 cm³/mol. The van der Waals surface area contributed by atoms with E-state index in [0.29, 0.717) is 16.4 Å². The molecule has 0 atom stereocenters. The number of thiocarbonyl (C=S) groups is 1. The summed E-state index contributed by atoms with van der Waals surface area (Å²) < 4.78 is 8.03. The molecule has 0 spiro atoms. The van der Waals surface area contributed by atoms with Gasteiger partial charge in [0.15, 0.2) is 4.32 Å². The maximum absolute atomic E-state index is 12.8. The first-order valence-electron chi connectivity index (χ1n) is 7.65. The molecular weight excluding hydrogens is 630 g/mol. The van der Waals surface area contributed by atoms with Gasteiger partial charge in [0.1, 0.15) is 5.75 Å². The van der Waals surface area contributed by atoms with Crippen molar-refractivity contribution in [2.45, 2.75) is 6.92 Å². The van der Waals surface area contributed by atoms with Gasteiger partial charge in [0, 0.05) is 9.13 Å². The second-order valence-electron chi connectivity index (χ2n) is 5.17. The van der Waals surface area contributed by atoms with E-state index < -0.39 is 0 Å². The molecule has 0 aliphatic carbocycles. The third kappa shape index (κ3) is 4.83. The van der Waals surface area contributed by atoms with Crippen LogP contribution < -0.4 is 10.2 Å². The highest BCUT2D eigenvalue weighted by atomic mass is 127. The number of ether oxygens (including phenoxy) is 1. The second-order valence-corrected chi connectivity index (χ2v) is 10.2. The molecule has 1 saturated heterocycles. The first-order valence-corrected chi connectivity index (χ1v) is 11.9. The van der Waals surface area contributed by atoms with Crippen molar-refractivity contribution < 1.29 is 14.3 Å². The Morgan fingerprint density at radius 2 is 2.19 bits per heavy atom. The molecule has 1 fully saturated rings. The van der Waals surface area contributed by atoms with Crippen molar-refractivity contribution >= 4 is 103 Å². The Kier molecular flexibility index (Phi) is 7.16. The zero-order valence-corrected chi connectivity index (χ0v) is 20.6. The van der Waals surface area contributed by atoms with Gasteiger partial charge in [0.05, 0.1) is 20.0 Å². The number of carbonyl (C=O) groups excluding carboxylic acids is 2. The minimum Gasteiger partial charge on any atom is -0.492 e. The molecule has 2 heterocycles. The number of amides is 2. The van der Waals surface area contributed by atoms with E-state index in [-0.39, 0.29) is 16.1 Å². The van der Waals surface area contributed by atoms with Crippen LogP contribution >= 0.6 is 80.5 Å². The van der Waals surface area contributed by atoms with Gasteiger partial charge < -0.3 is 4.74 Å². The molecule has 2 amide bonds. The maximum Gasteiger partial charge on any atom is 0.285 e. The minimum absolute atomic E-state index is 0.287. The van der Waals surface area contributed by atoms with Gasteiger partial charge >= 0.3 is 0 Å². The molecule has 1 aromatic heterocycles. The number of benzene rings is 1. The first-order chi connectivity index (χ1) is 12.9. The van der Waals surface area contributed by atoms with Gasteiger partial charge in [-0.2, -0.15) is 5.01 Å². The van der Waals surface area contributed by atoms with E-state index in [1.54, 1.807) is 23.6 Å². The van der Waals surface area contributed by atoms with E-state index in [1.807, 2.05) is 19.1 Å². The van der Waals surface area contributed by atoms with Gasteiger partial charge in [-0.1, -0.05) is 17.8 Å². The van der Waals surface area contributed by atoms with Crippen molar-refractivity contribution in [1.82, 2.24) is 10.4 Å². The van der Waals surface area contributed by atoms with Crippen LogP contribution in [0.5, 0.6) is 5.75 Å². The zero-order valence-electron chi connectivity index (χ0n) is 13.8. The smallest absolute Gasteiger partial charge is 0.285 e. The number of nitrogens with zero attached hydrogens (tertiary/aromatic N) is 1. The zero-order chi connectivity index (χ0) is 19.6. The Morgan fingerprint density at radius 3 is 2.85 bits per heavy atom. The van der Waals surface area contributed by atoms with Gasteiger partial charge in [-0.15, -0.1) is 11.3 Å². The average Bonchev–Trinajstić information content (AvgIpc) is 3.23. The molecule has 2 aromatic rings. The van der Waals surface area contributed by atoms with E-state index in [1.165, 1.54) is 11.3 Å². The van der Waals surface area contributed by atoms with Crippen LogP contribution in [0.25, 0.3) is 6.08 Å². The van der Waals surface area contributed by atoms with Gasteiger partial charge in [-0.25, -0.2) is 0 Å². The highest BCUT2D eigenvalue weighted by Crippen LogP contribution is 2.36. The Hall–Kier alpha value is -0.700. The summed E-state index contributed by atoms with van der Waals surface area (Å²) in [6, 6.07) is 7.42. The molecule has 1 aromatic carbocycles. The van der Waals surface area contributed by atoms with E-state index in [9.17, 15) is 9.59 Å². The number of hydrogen-bond donors (Lipinski definition) is 1. The summed E-state index contributed by atoms with van der Waals surface area (Å²) in [5.41, 5.74) is 3.38. The van der Waals surface area contributed by atoms with Gasteiger partial charge in [-0.3, -0.25) is 15.0 Å². The fourth-order valence-corrected chi connectivity index (χ4v) is 6.08. The first kappa shape index (κ1) is 21.0. The standard InChI is InChI=1S/C17H12I2N2O3S3/c1-2-24-14-9(6-10(18)8-11(14)19)7-13-16(23)21(17(25)27-13)20-15(22)12-4-3-5-26-12/h3-8H,2H2,1H3,(H,20,22)/b13-7+. The minimum atomic E-state index is -0.360. The summed E-state index contributed by atoms with van der Waals surface area (Å²) >= 11 is 12.2. The SMILES string of the molecule is CCOc1c(I)cc(I)cc1/C=C1/SC(=S)N(NC(=O)c2cccs2)C1=O. The van der Waals surface area contributed by atoms with Crippen molar-refractivity contribution in [1.29, 1.82) is 0 Å². The van der Waals surface area contributed by atoms with Crippen LogP contribution in [0.3, 0.4) is 0 Å².